The molecule has 3 N–H and O–H groups in total. The van der Waals surface area contributed by atoms with Gasteiger partial charge in [0.2, 0.25) is 0 Å². The molecule has 0 unspecified atom stereocenters. The van der Waals surface area contributed by atoms with Crippen LogP contribution in [0.4, 0.5) is 5.69 Å². The molecule has 0 radical (unpaired) electrons. The van der Waals surface area contributed by atoms with Crippen LogP contribution in [0.1, 0.15) is 19.2 Å². The molecule has 10 heteroatoms. The summed E-state index contributed by atoms with van der Waals surface area (Å²) >= 11 is 0. The summed E-state index contributed by atoms with van der Waals surface area (Å²) in [6, 6.07) is 10.3. The molecule has 31 heavy (non-hydrogen) atoms. The van der Waals surface area contributed by atoms with Crippen LogP contribution in [0.2, 0.25) is 0 Å². The highest BCUT2D eigenvalue weighted by Crippen LogP contribution is 2.10. The minimum Gasteiger partial charge on any atom is -0.394 e. The Balaban J connectivity index is 0.00000480. The van der Waals surface area contributed by atoms with Crippen molar-refractivity contribution in [1.29, 1.82) is 0 Å². The molecule has 0 saturated carbocycles. The Morgan fingerprint density at radius 2 is 1.97 bits per heavy atom. The number of rotatable bonds is 14. The number of para-hydroxylation sites is 1. The van der Waals surface area contributed by atoms with Crippen molar-refractivity contribution in [2.75, 3.05) is 57.9 Å². The molecule has 1 aromatic heterocycles. The van der Waals surface area contributed by atoms with Crippen molar-refractivity contribution >= 4 is 35.6 Å². The van der Waals surface area contributed by atoms with Gasteiger partial charge in [-0.05, 0) is 18.6 Å². The average Bonchev–Trinajstić information content (AvgIpc) is 3.24. The van der Waals surface area contributed by atoms with Gasteiger partial charge >= 0.3 is 0 Å². The lowest BCUT2D eigenvalue weighted by Gasteiger charge is -2.19. The maximum Gasteiger partial charge on any atom is 0.191 e. The zero-order valence-electron chi connectivity index (χ0n) is 18.5. The monoisotopic (exact) mass is 545 g/mol. The average molecular weight is 545 g/mol. The van der Waals surface area contributed by atoms with Crippen molar-refractivity contribution in [3.8, 4) is 0 Å². The highest BCUT2D eigenvalue weighted by Gasteiger charge is 2.03. The number of benzene rings is 1. The van der Waals surface area contributed by atoms with Crippen LogP contribution in [0.15, 0.2) is 41.7 Å². The number of guanidine groups is 1. The summed E-state index contributed by atoms with van der Waals surface area (Å²) in [5, 5.41) is 23.5. The van der Waals surface area contributed by atoms with E-state index in [0.29, 0.717) is 19.8 Å². The van der Waals surface area contributed by atoms with Crippen LogP contribution < -0.4 is 15.5 Å². The van der Waals surface area contributed by atoms with Gasteiger partial charge in [0.25, 0.3) is 0 Å². The molecule has 174 valence electrons. The second kappa shape index (κ2) is 16.7. The first-order valence-electron chi connectivity index (χ1n) is 10.6. The van der Waals surface area contributed by atoms with Gasteiger partial charge in [0.15, 0.2) is 5.96 Å². The quantitative estimate of drug-likeness (QED) is 0.143. The SMILES string of the molecule is CCc1nncn1CCNC(=NCCCN(C)c1ccccc1)NCCOCCO.I. The lowest BCUT2D eigenvalue weighted by molar-refractivity contribution is 0.0957. The molecule has 2 rings (SSSR count). The van der Waals surface area contributed by atoms with Gasteiger partial charge in [-0.3, -0.25) is 4.99 Å². The summed E-state index contributed by atoms with van der Waals surface area (Å²) in [4.78, 5) is 6.92. The third-order valence-corrected chi connectivity index (χ3v) is 4.55. The fourth-order valence-electron chi connectivity index (χ4n) is 2.93. The number of aliphatic imine (C=N–C) groups is 1. The van der Waals surface area contributed by atoms with Crippen molar-refractivity contribution in [3.63, 3.8) is 0 Å². The van der Waals surface area contributed by atoms with E-state index < -0.39 is 0 Å². The molecule has 1 heterocycles. The maximum atomic E-state index is 8.80. The Morgan fingerprint density at radius 3 is 2.71 bits per heavy atom. The molecule has 0 aliphatic heterocycles. The number of hydrogen-bond acceptors (Lipinski definition) is 6. The molecule has 9 nitrogen and oxygen atoms in total. The van der Waals surface area contributed by atoms with Crippen LogP contribution in [-0.2, 0) is 17.7 Å². The van der Waals surface area contributed by atoms with Gasteiger partial charge in [-0.1, -0.05) is 25.1 Å². The summed E-state index contributed by atoms with van der Waals surface area (Å²) in [6.45, 7) is 6.74. The van der Waals surface area contributed by atoms with Crippen LogP contribution in [-0.4, -0.2) is 78.9 Å². The van der Waals surface area contributed by atoms with Crippen LogP contribution in [0.25, 0.3) is 0 Å². The third kappa shape index (κ3) is 10.8. The Kier molecular flexibility index (Phi) is 14.6. The number of ether oxygens (including phenoxy) is 1. The van der Waals surface area contributed by atoms with Crippen LogP contribution in [0.3, 0.4) is 0 Å². The van der Waals surface area contributed by atoms with Gasteiger partial charge in [0.1, 0.15) is 12.2 Å². The highest BCUT2D eigenvalue weighted by atomic mass is 127. The Bertz CT molecular complexity index is 728. The number of halogens is 1. The van der Waals surface area contributed by atoms with E-state index in [4.69, 9.17) is 14.8 Å². The van der Waals surface area contributed by atoms with Gasteiger partial charge in [-0.15, -0.1) is 34.2 Å². The molecule has 0 amide bonds. The van der Waals surface area contributed by atoms with E-state index in [1.807, 2.05) is 10.6 Å². The maximum absolute atomic E-state index is 8.80. The zero-order valence-corrected chi connectivity index (χ0v) is 20.9. The van der Waals surface area contributed by atoms with Crippen LogP contribution >= 0.6 is 24.0 Å². The van der Waals surface area contributed by atoms with Crippen LogP contribution in [0, 0.1) is 0 Å². The van der Waals surface area contributed by atoms with Gasteiger partial charge in [-0.2, -0.15) is 0 Å². The van der Waals surface area contributed by atoms with Crippen molar-refractivity contribution in [1.82, 2.24) is 25.4 Å². The Morgan fingerprint density at radius 1 is 1.19 bits per heavy atom. The van der Waals surface area contributed by atoms with Gasteiger partial charge in [0.05, 0.1) is 19.8 Å². The number of aryl methyl sites for hydroxylation is 1. The highest BCUT2D eigenvalue weighted by molar-refractivity contribution is 14.0. The Hall–Kier alpha value is -1.92. The lowest BCUT2D eigenvalue weighted by atomic mass is 10.3. The number of hydrogen-bond donors (Lipinski definition) is 3. The van der Waals surface area contributed by atoms with E-state index in [2.05, 4.69) is 64.0 Å². The summed E-state index contributed by atoms with van der Waals surface area (Å²) in [7, 11) is 2.10. The van der Waals surface area contributed by atoms with Gasteiger partial charge < -0.3 is 29.9 Å². The molecular weight excluding hydrogens is 509 g/mol. The molecular formula is C21H36IN7O2. The van der Waals surface area contributed by atoms with E-state index in [-0.39, 0.29) is 30.6 Å². The first-order valence-corrected chi connectivity index (χ1v) is 10.6. The molecule has 0 fully saturated rings. The van der Waals surface area contributed by atoms with Gasteiger partial charge in [0, 0.05) is 51.9 Å². The number of aliphatic hydroxyl groups excluding tert-OH is 1. The molecule has 0 aliphatic rings. The third-order valence-electron chi connectivity index (χ3n) is 4.55. The molecule has 0 spiro atoms. The van der Waals surface area contributed by atoms with E-state index in [0.717, 1.165) is 50.8 Å². The van der Waals surface area contributed by atoms with Crippen molar-refractivity contribution in [3.05, 3.63) is 42.5 Å². The molecule has 0 atom stereocenters. The number of aromatic nitrogens is 3. The number of anilines is 1. The summed E-state index contributed by atoms with van der Waals surface area (Å²) in [5.74, 6) is 1.74. The standard InChI is InChI=1S/C21H35N7O2.HI/c1-3-20-26-25-18-28(20)14-11-23-21(24-12-16-30-17-15-29)22-10-7-13-27(2)19-8-5-4-6-9-19;/h4-6,8-9,18,29H,3,7,10-17H2,1-2H3,(H2,22,23,24);1H. The summed E-state index contributed by atoms with van der Waals surface area (Å²) < 4.78 is 7.36. The topological polar surface area (TPSA) is 99.8 Å². The van der Waals surface area contributed by atoms with Crippen LogP contribution in [0.5, 0.6) is 0 Å². The predicted octanol–water partition coefficient (Wildman–Crippen LogP) is 1.53. The largest absolute Gasteiger partial charge is 0.394 e. The molecule has 0 saturated heterocycles. The predicted molar refractivity (Wildman–Crippen MR) is 135 cm³/mol. The Labute approximate surface area is 202 Å². The fourth-order valence-corrected chi connectivity index (χ4v) is 2.93. The van der Waals surface area contributed by atoms with E-state index in [9.17, 15) is 0 Å². The normalized spacial score (nSPS) is 11.1. The lowest BCUT2D eigenvalue weighted by Crippen LogP contribution is -2.40. The summed E-state index contributed by atoms with van der Waals surface area (Å²) in [6.07, 6.45) is 3.56. The van der Waals surface area contributed by atoms with E-state index >= 15 is 0 Å². The number of nitrogens with one attached hydrogen (secondary N) is 2. The second-order valence-corrected chi connectivity index (χ2v) is 6.82. The molecule has 0 aliphatic carbocycles. The van der Waals surface area contributed by atoms with Crippen molar-refractivity contribution < 1.29 is 9.84 Å². The first-order chi connectivity index (χ1) is 14.7. The van der Waals surface area contributed by atoms with E-state index in [1.165, 1.54) is 5.69 Å². The summed E-state index contributed by atoms with van der Waals surface area (Å²) in [5.41, 5.74) is 1.21. The number of aliphatic hydroxyl groups is 1. The first kappa shape index (κ1) is 27.1. The minimum atomic E-state index is 0. The minimum absolute atomic E-state index is 0. The van der Waals surface area contributed by atoms with Gasteiger partial charge in [-0.25, -0.2) is 0 Å². The zero-order chi connectivity index (χ0) is 21.4. The second-order valence-electron chi connectivity index (χ2n) is 6.82. The fraction of sp³-hybridized carbons (Fsp3) is 0.571. The number of nitrogens with zero attached hydrogens (tertiary/aromatic N) is 5. The van der Waals surface area contributed by atoms with Crippen molar-refractivity contribution in [2.24, 2.45) is 4.99 Å². The molecule has 0 bridgehead atoms. The molecule has 1 aromatic carbocycles. The van der Waals surface area contributed by atoms with E-state index in [1.54, 1.807) is 6.33 Å². The molecule has 2 aromatic rings. The van der Waals surface area contributed by atoms with Crippen molar-refractivity contribution in [2.45, 2.75) is 26.3 Å². The smallest absolute Gasteiger partial charge is 0.191 e.